The molecule has 2 heterocycles. The van der Waals surface area contributed by atoms with Gasteiger partial charge in [0.05, 0.1) is 12.6 Å². The molecule has 158 valence electrons. The van der Waals surface area contributed by atoms with Crippen LogP contribution in [-0.2, 0) is 23.2 Å². The van der Waals surface area contributed by atoms with Crippen LogP contribution in [0.3, 0.4) is 0 Å². The number of benzene rings is 1. The topological polar surface area (TPSA) is 103 Å². The van der Waals surface area contributed by atoms with Crippen molar-refractivity contribution in [2.24, 2.45) is 7.05 Å². The molecule has 0 unspecified atom stereocenters. The molecule has 0 radical (unpaired) electrons. The first kappa shape index (κ1) is 19.7. The van der Waals surface area contributed by atoms with Gasteiger partial charge in [0.2, 0.25) is 0 Å². The lowest BCUT2D eigenvalue weighted by Crippen LogP contribution is -2.40. The number of allylic oxidation sites excluding steroid dienone is 6. The van der Waals surface area contributed by atoms with Crippen LogP contribution in [0.1, 0.15) is 30.9 Å². The fraction of sp³-hybridized carbons (Fsp3) is 0.273. The monoisotopic (exact) mass is 483 g/mol. The Morgan fingerprint density at radius 2 is 1.87 bits per heavy atom. The van der Waals surface area contributed by atoms with E-state index in [0.717, 1.165) is 4.57 Å². The molecule has 0 saturated heterocycles. The molecule has 31 heavy (non-hydrogen) atoms. The number of carbonyl (C=O) groups is 2. The summed E-state index contributed by atoms with van der Waals surface area (Å²) in [7, 11) is 1.41. The number of aromatic hydroxyl groups is 1. The molecule has 2 atom stereocenters. The van der Waals surface area contributed by atoms with Gasteiger partial charge in [-0.1, -0.05) is 22.0 Å². The van der Waals surface area contributed by atoms with Crippen LogP contribution in [0.15, 0.2) is 66.7 Å². The molecule has 2 aromatic rings. The van der Waals surface area contributed by atoms with Gasteiger partial charge in [-0.3, -0.25) is 9.59 Å². The molecule has 8 nitrogen and oxygen atoms in total. The van der Waals surface area contributed by atoms with Crippen molar-refractivity contribution in [2.45, 2.75) is 31.8 Å². The molecule has 0 fully saturated rings. The Morgan fingerprint density at radius 1 is 1.13 bits per heavy atom. The molecule has 2 aliphatic carbocycles. The Bertz CT molecular complexity index is 1420. The first-order valence-corrected chi connectivity index (χ1v) is 10.6. The summed E-state index contributed by atoms with van der Waals surface area (Å²) in [6, 6.07) is 4.31. The summed E-state index contributed by atoms with van der Waals surface area (Å²) >= 11 is 3.41. The van der Waals surface area contributed by atoms with Crippen LogP contribution >= 0.6 is 15.9 Å². The minimum absolute atomic E-state index is 0.0171. The van der Waals surface area contributed by atoms with Gasteiger partial charge in [-0.15, -0.1) is 0 Å². The van der Waals surface area contributed by atoms with E-state index in [-0.39, 0.29) is 30.3 Å². The van der Waals surface area contributed by atoms with Gasteiger partial charge in [0.1, 0.15) is 5.75 Å². The number of rotatable bonds is 1. The SMILES string of the molecule is CC1=CC(=O)C2=C(C[C@@H]3C(=CCn4c(=O)n(C)c(=O)n43)[C@@H]2c2cc(Br)ccc2O)C1=O. The van der Waals surface area contributed by atoms with E-state index in [2.05, 4.69) is 15.9 Å². The van der Waals surface area contributed by atoms with E-state index < -0.39 is 23.3 Å². The minimum Gasteiger partial charge on any atom is -0.508 e. The van der Waals surface area contributed by atoms with Crippen molar-refractivity contribution in [3.63, 3.8) is 0 Å². The normalized spacial score (nSPS) is 22.5. The van der Waals surface area contributed by atoms with Gasteiger partial charge in [-0.05, 0) is 36.8 Å². The highest BCUT2D eigenvalue weighted by Gasteiger charge is 2.45. The molecule has 3 aliphatic rings. The zero-order valence-corrected chi connectivity index (χ0v) is 18.3. The molecular formula is C22H18BrN3O5. The highest BCUT2D eigenvalue weighted by molar-refractivity contribution is 9.10. The van der Waals surface area contributed by atoms with Gasteiger partial charge in [0.25, 0.3) is 0 Å². The van der Waals surface area contributed by atoms with Gasteiger partial charge in [-0.25, -0.2) is 23.5 Å². The number of nitrogens with zero attached hydrogens (tertiary/aromatic N) is 3. The number of fused-ring (bicyclic) bond motifs is 3. The van der Waals surface area contributed by atoms with Crippen molar-refractivity contribution >= 4 is 27.5 Å². The molecule has 0 saturated carbocycles. The zero-order valence-electron chi connectivity index (χ0n) is 16.8. The number of hydrogen-bond acceptors (Lipinski definition) is 5. The second-order valence-corrected chi connectivity index (χ2v) is 8.94. The predicted octanol–water partition coefficient (Wildman–Crippen LogP) is 1.88. The van der Waals surface area contributed by atoms with Crippen molar-refractivity contribution in [1.29, 1.82) is 0 Å². The van der Waals surface area contributed by atoms with Crippen LogP contribution in [-0.4, -0.2) is 30.6 Å². The van der Waals surface area contributed by atoms with Crippen LogP contribution in [0.2, 0.25) is 0 Å². The average molecular weight is 484 g/mol. The van der Waals surface area contributed by atoms with E-state index >= 15 is 0 Å². The molecule has 0 spiro atoms. The molecule has 1 aliphatic heterocycles. The first-order chi connectivity index (χ1) is 14.7. The lowest BCUT2D eigenvalue weighted by Gasteiger charge is -2.39. The van der Waals surface area contributed by atoms with E-state index in [1.807, 2.05) is 6.08 Å². The maximum absolute atomic E-state index is 13.1. The molecule has 0 amide bonds. The van der Waals surface area contributed by atoms with E-state index in [0.29, 0.717) is 32.3 Å². The second-order valence-electron chi connectivity index (χ2n) is 8.02. The van der Waals surface area contributed by atoms with Crippen LogP contribution < -0.4 is 11.4 Å². The van der Waals surface area contributed by atoms with Crippen LogP contribution in [0.5, 0.6) is 5.75 Å². The molecule has 1 aromatic heterocycles. The molecular weight excluding hydrogens is 466 g/mol. The number of phenolic OH excluding ortho intramolecular Hbond substituents is 1. The average Bonchev–Trinajstić information content (AvgIpc) is 2.96. The number of phenols is 1. The molecule has 5 rings (SSSR count). The predicted molar refractivity (Wildman–Crippen MR) is 115 cm³/mol. The summed E-state index contributed by atoms with van der Waals surface area (Å²) in [6.45, 7) is 1.75. The van der Waals surface area contributed by atoms with Gasteiger partial charge >= 0.3 is 11.4 Å². The quantitative estimate of drug-likeness (QED) is 0.492. The Hall–Kier alpha value is -3.20. The lowest BCUT2D eigenvalue weighted by atomic mass is 9.68. The van der Waals surface area contributed by atoms with E-state index in [9.17, 15) is 24.3 Å². The number of halogens is 1. The maximum Gasteiger partial charge on any atom is 0.347 e. The van der Waals surface area contributed by atoms with Crippen LogP contribution in [0, 0.1) is 0 Å². The number of hydrogen-bond donors (Lipinski definition) is 1. The van der Waals surface area contributed by atoms with E-state index in [1.54, 1.807) is 19.1 Å². The number of carbonyl (C=O) groups excluding carboxylic acids is 2. The third-order valence-electron chi connectivity index (χ3n) is 6.32. The number of Topliss-reactive ketones (excluding diaryl/α,β-unsaturated/α-hetero) is 1. The summed E-state index contributed by atoms with van der Waals surface area (Å²) in [6.07, 6.45) is 3.28. The summed E-state index contributed by atoms with van der Waals surface area (Å²) in [5, 5.41) is 10.7. The number of ketones is 2. The Kier molecular flexibility index (Phi) is 4.23. The molecule has 9 heteroatoms. The standard InChI is InChI=1S/C22H18BrN3O5/c1-10-7-17(28)19-14(20(10)29)9-15-12(18(19)13-8-11(23)3-4-16(13)27)5-6-25-21(30)24(2)22(31)26(15)25/h3-5,7-8,15,18,27H,6,9H2,1-2H3/t15-,18-/m1/s1. The third kappa shape index (κ3) is 2.65. The zero-order chi connectivity index (χ0) is 22.2. The van der Waals surface area contributed by atoms with Crippen molar-refractivity contribution in [3.05, 3.63) is 83.6 Å². The van der Waals surface area contributed by atoms with Crippen LogP contribution in [0.4, 0.5) is 0 Å². The Morgan fingerprint density at radius 3 is 2.61 bits per heavy atom. The summed E-state index contributed by atoms with van der Waals surface area (Å²) in [5.74, 6) is -1.25. The van der Waals surface area contributed by atoms with Crippen molar-refractivity contribution < 1.29 is 14.7 Å². The maximum atomic E-state index is 13.1. The van der Waals surface area contributed by atoms with Gasteiger partial charge in [0.15, 0.2) is 11.6 Å². The summed E-state index contributed by atoms with van der Waals surface area (Å²) < 4.78 is 4.45. The summed E-state index contributed by atoms with van der Waals surface area (Å²) in [5.41, 5.74) is 1.25. The van der Waals surface area contributed by atoms with E-state index in [4.69, 9.17) is 0 Å². The molecule has 0 bridgehead atoms. The van der Waals surface area contributed by atoms with Crippen LogP contribution in [0.25, 0.3) is 0 Å². The lowest BCUT2D eigenvalue weighted by molar-refractivity contribution is -0.116. The van der Waals surface area contributed by atoms with Gasteiger partial charge < -0.3 is 5.11 Å². The van der Waals surface area contributed by atoms with Crippen molar-refractivity contribution in [1.82, 2.24) is 13.9 Å². The molecule has 1 N–H and O–H groups in total. The highest BCUT2D eigenvalue weighted by Crippen LogP contribution is 2.51. The minimum atomic E-state index is -0.706. The largest absolute Gasteiger partial charge is 0.508 e. The second kappa shape index (κ2) is 6.65. The van der Waals surface area contributed by atoms with Gasteiger partial charge in [-0.2, -0.15) is 0 Å². The third-order valence-corrected chi connectivity index (χ3v) is 6.81. The van der Waals surface area contributed by atoms with Crippen molar-refractivity contribution in [3.8, 4) is 5.75 Å². The Balaban J connectivity index is 1.82. The van der Waals surface area contributed by atoms with E-state index in [1.165, 1.54) is 28.6 Å². The Labute approximate surface area is 184 Å². The number of aromatic nitrogens is 3. The smallest absolute Gasteiger partial charge is 0.347 e. The fourth-order valence-electron chi connectivity index (χ4n) is 4.88. The van der Waals surface area contributed by atoms with Crippen molar-refractivity contribution in [2.75, 3.05) is 0 Å². The first-order valence-electron chi connectivity index (χ1n) is 9.77. The fourth-order valence-corrected chi connectivity index (χ4v) is 5.25. The molecule has 1 aromatic carbocycles. The highest BCUT2D eigenvalue weighted by atomic mass is 79.9. The summed E-state index contributed by atoms with van der Waals surface area (Å²) in [4.78, 5) is 51.5. The van der Waals surface area contributed by atoms with Gasteiger partial charge in [0, 0.05) is 46.1 Å².